The molecule has 0 saturated carbocycles. The van der Waals surface area contributed by atoms with Crippen molar-refractivity contribution in [3.8, 4) is 5.75 Å². The highest BCUT2D eigenvalue weighted by Gasteiger charge is 2.17. The van der Waals surface area contributed by atoms with Crippen LogP contribution in [0, 0.1) is 0 Å². The molecule has 118 valence electrons. The van der Waals surface area contributed by atoms with E-state index >= 15 is 0 Å². The molecule has 1 amide bonds. The Morgan fingerprint density at radius 1 is 1.43 bits per heavy atom. The van der Waals surface area contributed by atoms with Gasteiger partial charge in [-0.3, -0.25) is 4.79 Å². The Morgan fingerprint density at radius 2 is 2.14 bits per heavy atom. The maximum Gasteiger partial charge on any atom is 0.260 e. The van der Waals surface area contributed by atoms with Gasteiger partial charge in [-0.25, -0.2) is 0 Å². The van der Waals surface area contributed by atoms with E-state index in [-0.39, 0.29) is 5.91 Å². The number of nitrogens with one attached hydrogen (secondary N) is 1. The Bertz CT molecular complexity index is 465. The number of halogens is 1. The van der Waals surface area contributed by atoms with Crippen molar-refractivity contribution >= 4 is 21.8 Å². The highest BCUT2D eigenvalue weighted by Crippen LogP contribution is 2.29. The van der Waals surface area contributed by atoms with Gasteiger partial charge in [0.2, 0.25) is 0 Å². The third kappa shape index (κ3) is 6.03. The third-order valence-electron chi connectivity index (χ3n) is 2.92. The molecule has 0 aliphatic heterocycles. The van der Waals surface area contributed by atoms with E-state index in [1.807, 2.05) is 6.07 Å². The molecule has 1 unspecified atom stereocenters. The number of hydrogen-bond donors (Lipinski definition) is 2. The molecule has 0 aliphatic carbocycles. The van der Waals surface area contributed by atoms with Gasteiger partial charge in [0.15, 0.2) is 6.10 Å². The molecule has 21 heavy (non-hydrogen) atoms. The van der Waals surface area contributed by atoms with Gasteiger partial charge in [0.25, 0.3) is 5.91 Å². The first-order valence-electron chi connectivity index (χ1n) is 6.86. The fourth-order valence-corrected chi connectivity index (χ4v) is 2.11. The first-order chi connectivity index (χ1) is 9.95. The van der Waals surface area contributed by atoms with Gasteiger partial charge >= 0.3 is 0 Å². The van der Waals surface area contributed by atoms with Gasteiger partial charge in [-0.05, 0) is 32.4 Å². The van der Waals surface area contributed by atoms with Crippen molar-refractivity contribution in [3.05, 3.63) is 28.2 Å². The minimum absolute atomic E-state index is 0.192. The molecule has 0 aromatic heterocycles. The van der Waals surface area contributed by atoms with Crippen LogP contribution in [0.1, 0.15) is 31.9 Å². The third-order valence-corrected chi connectivity index (χ3v) is 3.42. The van der Waals surface area contributed by atoms with Crippen LogP contribution in [0.15, 0.2) is 22.7 Å². The molecule has 2 atom stereocenters. The highest BCUT2D eigenvalue weighted by atomic mass is 79.9. The topological polar surface area (TPSA) is 67.8 Å². The van der Waals surface area contributed by atoms with Gasteiger partial charge in [0.1, 0.15) is 5.75 Å². The number of carbonyl (C=O) groups is 1. The standard InChI is InChI=1S/C15H22BrNO4/c1-10(18)13-6-5-12(16)9-14(13)21-11(2)15(19)17-7-4-8-20-3/h5-6,9-11,18H,4,7-8H2,1-3H3,(H,17,19)/t10-,11?/m0/s1. The number of carbonyl (C=O) groups excluding carboxylic acids is 1. The number of methoxy groups -OCH3 is 1. The molecule has 1 aromatic rings. The number of aliphatic hydroxyl groups excluding tert-OH is 1. The molecule has 0 bridgehead atoms. The lowest BCUT2D eigenvalue weighted by Crippen LogP contribution is -2.37. The number of ether oxygens (including phenoxy) is 2. The molecule has 1 aromatic carbocycles. The minimum Gasteiger partial charge on any atom is -0.480 e. The molecular weight excluding hydrogens is 338 g/mol. The van der Waals surface area contributed by atoms with Crippen LogP contribution >= 0.6 is 15.9 Å². The molecular formula is C15H22BrNO4. The Morgan fingerprint density at radius 3 is 2.76 bits per heavy atom. The fourth-order valence-electron chi connectivity index (χ4n) is 1.77. The lowest BCUT2D eigenvalue weighted by atomic mass is 10.1. The smallest absolute Gasteiger partial charge is 0.260 e. The number of hydrogen-bond acceptors (Lipinski definition) is 4. The summed E-state index contributed by atoms with van der Waals surface area (Å²) < 4.78 is 11.4. The number of benzene rings is 1. The minimum atomic E-state index is -0.662. The summed E-state index contributed by atoms with van der Waals surface area (Å²) in [5.74, 6) is 0.307. The molecule has 6 heteroatoms. The van der Waals surface area contributed by atoms with Crippen LogP contribution in [0.3, 0.4) is 0 Å². The Labute approximate surface area is 133 Å². The molecule has 0 radical (unpaired) electrons. The van der Waals surface area contributed by atoms with E-state index in [0.717, 1.165) is 10.9 Å². The fraction of sp³-hybridized carbons (Fsp3) is 0.533. The van der Waals surface area contributed by atoms with Crippen LogP contribution in [-0.2, 0) is 9.53 Å². The zero-order valence-corrected chi connectivity index (χ0v) is 14.1. The Hall–Kier alpha value is -1.11. The van der Waals surface area contributed by atoms with E-state index in [0.29, 0.717) is 24.5 Å². The number of rotatable bonds is 8. The first kappa shape index (κ1) is 17.9. The summed E-state index contributed by atoms with van der Waals surface area (Å²) >= 11 is 3.36. The van der Waals surface area contributed by atoms with Gasteiger partial charge in [0, 0.05) is 30.3 Å². The lowest BCUT2D eigenvalue weighted by Gasteiger charge is -2.18. The van der Waals surface area contributed by atoms with Gasteiger partial charge in [-0.1, -0.05) is 22.0 Å². The van der Waals surface area contributed by atoms with E-state index in [4.69, 9.17) is 9.47 Å². The van der Waals surface area contributed by atoms with E-state index in [1.54, 1.807) is 33.1 Å². The molecule has 0 aliphatic rings. The second kappa shape index (κ2) is 9.02. The molecule has 0 spiro atoms. The predicted octanol–water partition coefficient (Wildman–Crippen LogP) is 2.42. The quantitative estimate of drug-likeness (QED) is 0.699. The highest BCUT2D eigenvalue weighted by molar-refractivity contribution is 9.10. The normalized spacial score (nSPS) is 13.6. The summed E-state index contributed by atoms with van der Waals surface area (Å²) in [7, 11) is 1.62. The average Bonchev–Trinajstić information content (AvgIpc) is 2.43. The molecule has 1 rings (SSSR count). The van der Waals surface area contributed by atoms with Crippen molar-refractivity contribution in [2.24, 2.45) is 0 Å². The zero-order chi connectivity index (χ0) is 15.8. The molecule has 0 fully saturated rings. The van der Waals surface area contributed by atoms with E-state index < -0.39 is 12.2 Å². The number of amides is 1. The first-order valence-corrected chi connectivity index (χ1v) is 7.65. The van der Waals surface area contributed by atoms with Crippen LogP contribution in [0.5, 0.6) is 5.75 Å². The van der Waals surface area contributed by atoms with Gasteiger partial charge in [-0.2, -0.15) is 0 Å². The molecule has 0 saturated heterocycles. The molecule has 2 N–H and O–H groups in total. The maximum atomic E-state index is 11.9. The van der Waals surface area contributed by atoms with E-state index in [1.165, 1.54) is 0 Å². The van der Waals surface area contributed by atoms with Crippen LogP contribution < -0.4 is 10.1 Å². The van der Waals surface area contributed by atoms with E-state index in [9.17, 15) is 9.90 Å². The number of aliphatic hydroxyl groups is 1. The van der Waals surface area contributed by atoms with Crippen LogP contribution in [0.4, 0.5) is 0 Å². The van der Waals surface area contributed by atoms with Crippen molar-refractivity contribution in [3.63, 3.8) is 0 Å². The van der Waals surface area contributed by atoms with Gasteiger partial charge < -0.3 is 19.9 Å². The van der Waals surface area contributed by atoms with Gasteiger partial charge in [-0.15, -0.1) is 0 Å². The zero-order valence-electron chi connectivity index (χ0n) is 12.6. The van der Waals surface area contributed by atoms with Crippen molar-refractivity contribution in [1.82, 2.24) is 5.32 Å². The summed E-state index contributed by atoms with van der Waals surface area (Å²) in [6, 6.07) is 5.34. The van der Waals surface area contributed by atoms with Crippen LogP contribution in [0.2, 0.25) is 0 Å². The molecule has 5 nitrogen and oxygen atoms in total. The summed E-state index contributed by atoms with van der Waals surface area (Å²) in [5, 5.41) is 12.5. The van der Waals surface area contributed by atoms with E-state index in [2.05, 4.69) is 21.2 Å². The SMILES string of the molecule is COCCCNC(=O)C(C)Oc1cc(Br)ccc1[C@H](C)O. The van der Waals surface area contributed by atoms with Crippen molar-refractivity contribution in [2.75, 3.05) is 20.3 Å². The summed E-state index contributed by atoms with van der Waals surface area (Å²) in [6.07, 6.45) is -0.547. The lowest BCUT2D eigenvalue weighted by molar-refractivity contribution is -0.127. The maximum absolute atomic E-state index is 11.9. The largest absolute Gasteiger partial charge is 0.480 e. The second-order valence-electron chi connectivity index (χ2n) is 4.76. The second-order valence-corrected chi connectivity index (χ2v) is 5.67. The van der Waals surface area contributed by atoms with Crippen molar-refractivity contribution in [1.29, 1.82) is 0 Å². The van der Waals surface area contributed by atoms with Crippen LogP contribution in [-0.4, -0.2) is 37.4 Å². The monoisotopic (exact) mass is 359 g/mol. The van der Waals surface area contributed by atoms with Gasteiger partial charge in [0.05, 0.1) is 6.10 Å². The van der Waals surface area contributed by atoms with Crippen molar-refractivity contribution in [2.45, 2.75) is 32.5 Å². The summed E-state index contributed by atoms with van der Waals surface area (Å²) in [4.78, 5) is 11.9. The summed E-state index contributed by atoms with van der Waals surface area (Å²) in [6.45, 7) is 4.49. The average molecular weight is 360 g/mol. The summed E-state index contributed by atoms with van der Waals surface area (Å²) in [5.41, 5.74) is 0.650. The Balaban J connectivity index is 2.63. The predicted molar refractivity (Wildman–Crippen MR) is 84.4 cm³/mol. The van der Waals surface area contributed by atoms with Crippen LogP contribution in [0.25, 0.3) is 0 Å². The van der Waals surface area contributed by atoms with Crippen molar-refractivity contribution < 1.29 is 19.4 Å². The molecule has 0 heterocycles. The Kier molecular flexibility index (Phi) is 7.71.